The summed E-state index contributed by atoms with van der Waals surface area (Å²) >= 11 is 3.47. The number of methoxy groups -OCH3 is 1. The van der Waals surface area contributed by atoms with Gasteiger partial charge in [-0.15, -0.1) is 0 Å². The van der Waals surface area contributed by atoms with Crippen LogP contribution in [0.5, 0.6) is 0 Å². The fourth-order valence-electron chi connectivity index (χ4n) is 2.89. The molecule has 3 aromatic carbocycles. The zero-order valence-electron chi connectivity index (χ0n) is 13.9. The third-order valence-corrected chi connectivity index (χ3v) is 4.61. The number of ether oxygens (including phenoxy) is 1. The first kappa shape index (κ1) is 16.5. The van der Waals surface area contributed by atoms with Gasteiger partial charge in [-0.25, -0.2) is 9.78 Å². The minimum atomic E-state index is -0.396. The number of hydrogen-bond acceptors (Lipinski definition) is 4. The standard InChI is InChI=1S/C21H14BrNO3/c1-25-21(24)16-11-10-14(22)12-17(16)15-8-5-9-18-19(15)26-20(23-18)13-6-3-2-4-7-13/h2-12H,1H3. The summed E-state index contributed by atoms with van der Waals surface area (Å²) in [5.41, 5.74) is 4.26. The molecule has 4 aromatic rings. The van der Waals surface area contributed by atoms with E-state index in [-0.39, 0.29) is 0 Å². The normalized spacial score (nSPS) is 10.8. The number of oxazole rings is 1. The first-order valence-electron chi connectivity index (χ1n) is 8.00. The van der Waals surface area contributed by atoms with Crippen molar-refractivity contribution in [1.82, 2.24) is 4.98 Å². The van der Waals surface area contributed by atoms with E-state index in [0.29, 0.717) is 17.0 Å². The molecule has 0 bridgehead atoms. The number of fused-ring (bicyclic) bond motifs is 1. The summed E-state index contributed by atoms with van der Waals surface area (Å²) in [6, 6.07) is 20.9. The van der Waals surface area contributed by atoms with Gasteiger partial charge in [0, 0.05) is 21.2 Å². The fraction of sp³-hybridized carbons (Fsp3) is 0.0476. The molecule has 128 valence electrons. The molecule has 0 N–H and O–H groups in total. The summed E-state index contributed by atoms with van der Waals surface area (Å²) < 4.78 is 11.9. The van der Waals surface area contributed by atoms with E-state index in [4.69, 9.17) is 9.15 Å². The van der Waals surface area contributed by atoms with Crippen molar-refractivity contribution in [3.05, 3.63) is 76.8 Å². The summed E-state index contributed by atoms with van der Waals surface area (Å²) in [6.45, 7) is 0. The molecule has 0 spiro atoms. The summed E-state index contributed by atoms with van der Waals surface area (Å²) in [7, 11) is 1.37. The van der Waals surface area contributed by atoms with Gasteiger partial charge in [-0.2, -0.15) is 0 Å². The van der Waals surface area contributed by atoms with Crippen molar-refractivity contribution < 1.29 is 13.9 Å². The van der Waals surface area contributed by atoms with Gasteiger partial charge in [0.1, 0.15) is 5.52 Å². The second-order valence-corrected chi connectivity index (χ2v) is 6.64. The molecule has 0 amide bonds. The van der Waals surface area contributed by atoms with Crippen LogP contribution in [0.25, 0.3) is 33.7 Å². The van der Waals surface area contributed by atoms with Crippen molar-refractivity contribution in [1.29, 1.82) is 0 Å². The van der Waals surface area contributed by atoms with Crippen LogP contribution in [0.3, 0.4) is 0 Å². The highest BCUT2D eigenvalue weighted by atomic mass is 79.9. The molecule has 4 rings (SSSR count). The van der Waals surface area contributed by atoms with Crippen LogP contribution in [0, 0.1) is 0 Å². The Balaban J connectivity index is 1.95. The maximum atomic E-state index is 12.2. The monoisotopic (exact) mass is 407 g/mol. The van der Waals surface area contributed by atoms with Crippen LogP contribution in [-0.4, -0.2) is 18.1 Å². The van der Waals surface area contributed by atoms with Crippen molar-refractivity contribution in [3.8, 4) is 22.6 Å². The summed E-state index contributed by atoms with van der Waals surface area (Å²) in [6.07, 6.45) is 0. The highest BCUT2D eigenvalue weighted by Crippen LogP contribution is 2.35. The van der Waals surface area contributed by atoms with Gasteiger partial charge < -0.3 is 9.15 Å². The zero-order valence-corrected chi connectivity index (χ0v) is 15.5. The van der Waals surface area contributed by atoms with Crippen molar-refractivity contribution >= 4 is 33.0 Å². The second kappa shape index (κ2) is 6.77. The first-order chi connectivity index (χ1) is 12.7. The highest BCUT2D eigenvalue weighted by molar-refractivity contribution is 9.10. The third-order valence-electron chi connectivity index (χ3n) is 4.11. The molecule has 0 saturated heterocycles. The molecule has 0 aliphatic heterocycles. The number of nitrogens with zero attached hydrogens (tertiary/aromatic N) is 1. The number of esters is 1. The lowest BCUT2D eigenvalue weighted by Crippen LogP contribution is -2.03. The smallest absolute Gasteiger partial charge is 0.338 e. The molecule has 5 heteroatoms. The number of carbonyl (C=O) groups excluding carboxylic acids is 1. The van der Waals surface area contributed by atoms with Crippen LogP contribution >= 0.6 is 15.9 Å². The Bertz CT molecular complexity index is 1100. The third kappa shape index (κ3) is 2.91. The molecule has 0 aliphatic carbocycles. The van der Waals surface area contributed by atoms with Crippen molar-refractivity contribution in [2.24, 2.45) is 0 Å². The number of benzene rings is 3. The van der Waals surface area contributed by atoms with Gasteiger partial charge in [-0.1, -0.05) is 46.3 Å². The largest absolute Gasteiger partial charge is 0.465 e. The predicted octanol–water partition coefficient (Wildman–Crippen LogP) is 5.71. The Labute approximate surface area is 158 Å². The Morgan fingerprint density at radius 3 is 2.58 bits per heavy atom. The fourth-order valence-corrected chi connectivity index (χ4v) is 3.25. The van der Waals surface area contributed by atoms with Crippen LogP contribution in [-0.2, 0) is 4.74 Å². The van der Waals surface area contributed by atoms with E-state index in [1.54, 1.807) is 6.07 Å². The maximum Gasteiger partial charge on any atom is 0.338 e. The summed E-state index contributed by atoms with van der Waals surface area (Å²) in [5, 5.41) is 0. The van der Waals surface area contributed by atoms with E-state index < -0.39 is 5.97 Å². The Morgan fingerprint density at radius 2 is 1.81 bits per heavy atom. The lowest BCUT2D eigenvalue weighted by atomic mass is 9.99. The van der Waals surface area contributed by atoms with E-state index >= 15 is 0 Å². The van der Waals surface area contributed by atoms with Gasteiger partial charge in [0.2, 0.25) is 5.89 Å². The number of aromatic nitrogens is 1. The van der Waals surface area contributed by atoms with Gasteiger partial charge in [0.25, 0.3) is 0 Å². The Hall–Kier alpha value is -2.92. The van der Waals surface area contributed by atoms with Crippen LogP contribution in [0.4, 0.5) is 0 Å². The second-order valence-electron chi connectivity index (χ2n) is 5.72. The number of halogens is 1. The summed E-state index contributed by atoms with van der Waals surface area (Å²) in [4.78, 5) is 16.8. The topological polar surface area (TPSA) is 52.3 Å². The lowest BCUT2D eigenvalue weighted by molar-refractivity contribution is 0.0601. The van der Waals surface area contributed by atoms with Crippen molar-refractivity contribution in [2.75, 3.05) is 7.11 Å². The minimum absolute atomic E-state index is 0.396. The van der Waals surface area contributed by atoms with Crippen LogP contribution in [0.15, 0.2) is 75.6 Å². The molecule has 0 atom stereocenters. The predicted molar refractivity (Wildman–Crippen MR) is 104 cm³/mol. The minimum Gasteiger partial charge on any atom is -0.465 e. The number of carbonyl (C=O) groups is 1. The number of rotatable bonds is 3. The molecule has 0 radical (unpaired) electrons. The van der Waals surface area contributed by atoms with E-state index in [9.17, 15) is 4.79 Å². The number of hydrogen-bond donors (Lipinski definition) is 0. The molecule has 4 nitrogen and oxygen atoms in total. The van der Waals surface area contributed by atoms with Gasteiger partial charge in [-0.3, -0.25) is 0 Å². The molecule has 0 unspecified atom stereocenters. The molecular weight excluding hydrogens is 394 g/mol. The van der Waals surface area contributed by atoms with Crippen LogP contribution in [0.1, 0.15) is 10.4 Å². The molecule has 1 heterocycles. The molecule has 0 fully saturated rings. The SMILES string of the molecule is COC(=O)c1ccc(Br)cc1-c1cccc2nc(-c3ccccc3)oc12. The zero-order chi connectivity index (χ0) is 18.1. The molecule has 0 saturated carbocycles. The van der Waals surface area contributed by atoms with Crippen LogP contribution in [0.2, 0.25) is 0 Å². The quantitative estimate of drug-likeness (QED) is 0.408. The Kier molecular flexibility index (Phi) is 4.31. The average Bonchev–Trinajstić information content (AvgIpc) is 3.12. The van der Waals surface area contributed by atoms with Crippen LogP contribution < -0.4 is 0 Å². The van der Waals surface area contributed by atoms with E-state index in [1.165, 1.54) is 7.11 Å². The molecule has 1 aromatic heterocycles. The van der Waals surface area contributed by atoms with Gasteiger partial charge in [0.15, 0.2) is 5.58 Å². The van der Waals surface area contributed by atoms with E-state index in [0.717, 1.165) is 26.7 Å². The van der Waals surface area contributed by atoms with Crippen molar-refractivity contribution in [2.45, 2.75) is 0 Å². The molecular formula is C21H14BrNO3. The molecule has 26 heavy (non-hydrogen) atoms. The highest BCUT2D eigenvalue weighted by Gasteiger charge is 2.18. The van der Waals surface area contributed by atoms with E-state index in [1.807, 2.05) is 60.7 Å². The lowest BCUT2D eigenvalue weighted by Gasteiger charge is -2.09. The Morgan fingerprint density at radius 1 is 1.00 bits per heavy atom. The number of para-hydroxylation sites is 1. The average molecular weight is 408 g/mol. The first-order valence-corrected chi connectivity index (χ1v) is 8.80. The summed E-state index contributed by atoms with van der Waals surface area (Å²) in [5.74, 6) is 0.148. The van der Waals surface area contributed by atoms with Gasteiger partial charge in [-0.05, 0) is 36.4 Å². The van der Waals surface area contributed by atoms with E-state index in [2.05, 4.69) is 20.9 Å². The molecule has 0 aliphatic rings. The van der Waals surface area contributed by atoms with Gasteiger partial charge in [0.05, 0.1) is 12.7 Å². The maximum absolute atomic E-state index is 12.2. The van der Waals surface area contributed by atoms with Gasteiger partial charge >= 0.3 is 5.97 Å². The van der Waals surface area contributed by atoms with Crippen molar-refractivity contribution in [3.63, 3.8) is 0 Å².